The quantitative estimate of drug-likeness (QED) is 0.725. The van der Waals surface area contributed by atoms with Crippen LogP contribution in [0, 0.1) is 11.6 Å². The zero-order valence-corrected chi connectivity index (χ0v) is 15.7. The second kappa shape index (κ2) is 9.03. The maximum absolute atomic E-state index is 13.7. The topological polar surface area (TPSA) is 83.1 Å². The van der Waals surface area contributed by atoms with E-state index in [1.54, 1.807) is 0 Å². The first-order valence-electron chi connectivity index (χ1n) is 8.08. The Morgan fingerprint density at radius 1 is 0.929 bits per heavy atom. The number of anilines is 1. The smallest absolute Gasteiger partial charge is 0.342 e. The normalized spacial score (nSPS) is 11.4. The number of nitrogens with one attached hydrogen (secondary N) is 1. The van der Waals surface area contributed by atoms with Gasteiger partial charge in [-0.3, -0.25) is 4.79 Å². The highest BCUT2D eigenvalue weighted by atomic mass is 19.1. The van der Waals surface area contributed by atoms with Gasteiger partial charge in [-0.25, -0.2) is 13.6 Å². The molecule has 0 aliphatic rings. The third-order valence-corrected chi connectivity index (χ3v) is 3.79. The van der Waals surface area contributed by atoms with Crippen LogP contribution in [-0.2, 0) is 9.53 Å². The van der Waals surface area contributed by atoms with E-state index in [0.717, 1.165) is 18.2 Å². The van der Waals surface area contributed by atoms with Crippen LogP contribution in [0.1, 0.15) is 17.3 Å². The van der Waals surface area contributed by atoms with Crippen LogP contribution < -0.4 is 19.5 Å². The van der Waals surface area contributed by atoms with E-state index in [4.69, 9.17) is 18.9 Å². The fraction of sp³-hybridized carbons (Fsp3) is 0.263. The summed E-state index contributed by atoms with van der Waals surface area (Å²) in [5.41, 5.74) is -0.643. The highest BCUT2D eigenvalue weighted by molar-refractivity contribution is 5.98. The molecule has 2 aromatic carbocycles. The van der Waals surface area contributed by atoms with Crippen LogP contribution in [0.5, 0.6) is 17.2 Å². The van der Waals surface area contributed by atoms with Crippen molar-refractivity contribution in [1.29, 1.82) is 0 Å². The molecule has 9 heteroatoms. The third kappa shape index (κ3) is 4.48. The molecule has 0 saturated heterocycles. The summed E-state index contributed by atoms with van der Waals surface area (Å²) in [7, 11) is 4.15. The highest BCUT2D eigenvalue weighted by Gasteiger charge is 2.25. The number of esters is 1. The second-order valence-electron chi connectivity index (χ2n) is 5.54. The molecule has 1 amide bonds. The van der Waals surface area contributed by atoms with Crippen LogP contribution in [0.15, 0.2) is 30.3 Å². The first-order chi connectivity index (χ1) is 13.3. The molecule has 0 aromatic heterocycles. The number of ether oxygens (including phenoxy) is 4. The van der Waals surface area contributed by atoms with Gasteiger partial charge in [-0.2, -0.15) is 0 Å². The zero-order valence-electron chi connectivity index (χ0n) is 15.7. The standard InChI is InChI=1S/C19H19F2NO6/c1-10(18(23)22-17-12(20)6-5-7-13(17)21)28-19(24)11-8-15(26-3)16(27-4)9-14(11)25-2/h5-10H,1-4H3,(H,22,23). The SMILES string of the molecule is COc1cc(OC)c(C(=O)OC(C)C(=O)Nc2c(F)cccc2F)cc1OC. The van der Waals surface area contributed by atoms with Gasteiger partial charge >= 0.3 is 5.97 Å². The molecular formula is C19H19F2NO6. The number of benzene rings is 2. The summed E-state index contributed by atoms with van der Waals surface area (Å²) in [5.74, 6) is -2.99. The van der Waals surface area contributed by atoms with Crippen molar-refractivity contribution in [1.82, 2.24) is 0 Å². The summed E-state index contributed by atoms with van der Waals surface area (Å²) in [6.45, 7) is 1.26. The monoisotopic (exact) mass is 395 g/mol. The van der Waals surface area contributed by atoms with E-state index in [9.17, 15) is 18.4 Å². The molecule has 7 nitrogen and oxygen atoms in total. The van der Waals surface area contributed by atoms with E-state index in [-0.39, 0.29) is 17.1 Å². The summed E-state index contributed by atoms with van der Waals surface area (Å²) in [5, 5.41) is 2.06. The van der Waals surface area contributed by atoms with Crippen molar-refractivity contribution >= 4 is 17.6 Å². The number of para-hydroxylation sites is 1. The number of rotatable bonds is 7. The third-order valence-electron chi connectivity index (χ3n) is 3.79. The van der Waals surface area contributed by atoms with Gasteiger partial charge in [0.1, 0.15) is 28.6 Å². The number of halogens is 2. The lowest BCUT2D eigenvalue weighted by molar-refractivity contribution is -0.123. The van der Waals surface area contributed by atoms with E-state index < -0.39 is 35.3 Å². The van der Waals surface area contributed by atoms with E-state index >= 15 is 0 Å². The molecular weight excluding hydrogens is 376 g/mol. The number of carbonyl (C=O) groups excluding carboxylic acids is 2. The van der Waals surface area contributed by atoms with Gasteiger partial charge in [-0.1, -0.05) is 6.07 Å². The van der Waals surface area contributed by atoms with Crippen molar-refractivity contribution in [3.05, 3.63) is 47.5 Å². The van der Waals surface area contributed by atoms with E-state index in [2.05, 4.69) is 5.32 Å². The lowest BCUT2D eigenvalue weighted by atomic mass is 10.1. The van der Waals surface area contributed by atoms with Crippen LogP contribution >= 0.6 is 0 Å². The largest absolute Gasteiger partial charge is 0.496 e. The van der Waals surface area contributed by atoms with Gasteiger partial charge in [-0.05, 0) is 19.1 Å². The van der Waals surface area contributed by atoms with Crippen LogP contribution in [0.25, 0.3) is 0 Å². The average Bonchev–Trinajstić information content (AvgIpc) is 2.69. The zero-order chi connectivity index (χ0) is 20.8. The van der Waals surface area contributed by atoms with Gasteiger partial charge in [0, 0.05) is 12.1 Å². The predicted octanol–water partition coefficient (Wildman–Crippen LogP) is 3.17. The molecule has 0 spiro atoms. The Morgan fingerprint density at radius 3 is 2.00 bits per heavy atom. The van der Waals surface area contributed by atoms with Gasteiger partial charge in [0.15, 0.2) is 17.6 Å². The van der Waals surface area contributed by atoms with Crippen molar-refractivity contribution in [2.75, 3.05) is 26.6 Å². The minimum Gasteiger partial charge on any atom is -0.496 e. The number of hydrogen-bond acceptors (Lipinski definition) is 6. The number of carbonyl (C=O) groups is 2. The molecule has 1 unspecified atom stereocenters. The second-order valence-corrected chi connectivity index (χ2v) is 5.54. The lowest BCUT2D eigenvalue weighted by Gasteiger charge is -2.17. The maximum Gasteiger partial charge on any atom is 0.342 e. The highest BCUT2D eigenvalue weighted by Crippen LogP contribution is 2.35. The molecule has 0 radical (unpaired) electrons. The van der Waals surface area contributed by atoms with E-state index in [1.807, 2.05) is 0 Å². The van der Waals surface area contributed by atoms with Crippen LogP contribution in [0.4, 0.5) is 14.5 Å². The maximum atomic E-state index is 13.7. The van der Waals surface area contributed by atoms with Crippen LogP contribution in [-0.4, -0.2) is 39.3 Å². The van der Waals surface area contributed by atoms with Crippen molar-refractivity contribution in [3.8, 4) is 17.2 Å². The lowest BCUT2D eigenvalue weighted by Crippen LogP contribution is -2.30. The number of amides is 1. The fourth-order valence-electron chi connectivity index (χ4n) is 2.31. The number of hydrogen-bond donors (Lipinski definition) is 1. The molecule has 150 valence electrons. The van der Waals surface area contributed by atoms with Gasteiger partial charge in [-0.15, -0.1) is 0 Å². The van der Waals surface area contributed by atoms with E-state index in [1.165, 1.54) is 40.4 Å². The Morgan fingerprint density at radius 2 is 1.46 bits per heavy atom. The van der Waals surface area contributed by atoms with Crippen molar-refractivity contribution in [2.45, 2.75) is 13.0 Å². The molecule has 0 fully saturated rings. The van der Waals surface area contributed by atoms with Gasteiger partial charge in [0.2, 0.25) is 0 Å². The Labute approximate surface area is 160 Å². The van der Waals surface area contributed by atoms with Gasteiger partial charge in [0.25, 0.3) is 5.91 Å². The van der Waals surface area contributed by atoms with Crippen molar-refractivity contribution in [2.24, 2.45) is 0 Å². The van der Waals surface area contributed by atoms with E-state index in [0.29, 0.717) is 5.75 Å². The summed E-state index contributed by atoms with van der Waals surface area (Å²) >= 11 is 0. The molecule has 0 aliphatic heterocycles. The van der Waals surface area contributed by atoms with Gasteiger partial charge < -0.3 is 24.3 Å². The molecule has 2 rings (SSSR count). The number of methoxy groups -OCH3 is 3. The Kier molecular flexibility index (Phi) is 6.75. The minimum atomic E-state index is -1.34. The average molecular weight is 395 g/mol. The van der Waals surface area contributed by atoms with Gasteiger partial charge in [0.05, 0.1) is 21.3 Å². The minimum absolute atomic E-state index is 0.0168. The molecule has 28 heavy (non-hydrogen) atoms. The van der Waals surface area contributed by atoms with Crippen molar-refractivity contribution in [3.63, 3.8) is 0 Å². The molecule has 0 heterocycles. The predicted molar refractivity (Wildman–Crippen MR) is 96.0 cm³/mol. The fourth-order valence-corrected chi connectivity index (χ4v) is 2.31. The Balaban J connectivity index is 2.18. The van der Waals surface area contributed by atoms with Crippen LogP contribution in [0.3, 0.4) is 0 Å². The summed E-state index contributed by atoms with van der Waals surface area (Å²) in [6.07, 6.45) is -1.34. The first-order valence-corrected chi connectivity index (χ1v) is 8.08. The summed E-state index contributed by atoms with van der Waals surface area (Å²) in [4.78, 5) is 24.6. The first kappa shape index (κ1) is 20.9. The molecule has 0 saturated carbocycles. The molecule has 0 bridgehead atoms. The molecule has 1 atom stereocenters. The summed E-state index contributed by atoms with van der Waals surface area (Å²) in [6, 6.07) is 5.90. The van der Waals surface area contributed by atoms with Crippen LogP contribution in [0.2, 0.25) is 0 Å². The molecule has 1 N–H and O–H groups in total. The Bertz CT molecular complexity index is 867. The summed E-state index contributed by atoms with van der Waals surface area (Å²) < 4.78 is 47.8. The molecule has 2 aromatic rings. The van der Waals surface area contributed by atoms with Crippen molar-refractivity contribution < 1.29 is 37.3 Å². The Hall–Kier alpha value is -3.36. The molecule has 0 aliphatic carbocycles.